The van der Waals surface area contributed by atoms with Crippen LogP contribution in [0, 0.1) is 0 Å². The predicted octanol–water partition coefficient (Wildman–Crippen LogP) is -0.0381. The SMILES string of the molecule is O=C(CN1CCCC1=O)NCCCN1CCCC[C@H]1CO. The van der Waals surface area contributed by atoms with Crippen LogP contribution in [0.1, 0.15) is 38.5 Å². The van der Waals surface area contributed by atoms with Crippen molar-refractivity contribution in [2.45, 2.75) is 44.6 Å². The smallest absolute Gasteiger partial charge is 0.239 e. The molecule has 0 aromatic rings. The van der Waals surface area contributed by atoms with Crippen molar-refractivity contribution in [1.82, 2.24) is 15.1 Å². The summed E-state index contributed by atoms with van der Waals surface area (Å²) < 4.78 is 0. The molecule has 2 heterocycles. The predicted molar refractivity (Wildman–Crippen MR) is 79.7 cm³/mol. The van der Waals surface area contributed by atoms with Crippen LogP contribution in [0.5, 0.6) is 0 Å². The van der Waals surface area contributed by atoms with Gasteiger partial charge in [-0.05, 0) is 32.2 Å². The van der Waals surface area contributed by atoms with Gasteiger partial charge in [0, 0.05) is 32.1 Å². The van der Waals surface area contributed by atoms with Crippen LogP contribution in [0.4, 0.5) is 0 Å². The summed E-state index contributed by atoms with van der Waals surface area (Å²) in [6.45, 7) is 3.72. The first-order valence-corrected chi connectivity index (χ1v) is 8.10. The maximum atomic E-state index is 11.8. The summed E-state index contributed by atoms with van der Waals surface area (Å²) in [5.74, 6) is 0.0202. The molecule has 2 saturated heterocycles. The van der Waals surface area contributed by atoms with Gasteiger partial charge in [0.1, 0.15) is 0 Å². The summed E-state index contributed by atoms with van der Waals surface area (Å²) >= 11 is 0. The molecule has 0 bridgehead atoms. The molecule has 0 aromatic heterocycles. The number of rotatable bonds is 7. The molecule has 120 valence electrons. The van der Waals surface area contributed by atoms with E-state index in [9.17, 15) is 14.7 Å². The molecule has 0 saturated carbocycles. The normalized spacial score (nSPS) is 23.6. The lowest BCUT2D eigenvalue weighted by molar-refractivity contribution is -0.133. The summed E-state index contributed by atoms with van der Waals surface area (Å²) in [5, 5.41) is 12.2. The van der Waals surface area contributed by atoms with Gasteiger partial charge in [0.25, 0.3) is 0 Å². The average Bonchev–Trinajstić information content (AvgIpc) is 2.89. The summed E-state index contributed by atoms with van der Waals surface area (Å²) in [4.78, 5) is 27.1. The molecule has 6 nitrogen and oxygen atoms in total. The van der Waals surface area contributed by atoms with Crippen molar-refractivity contribution in [2.75, 3.05) is 39.3 Å². The minimum Gasteiger partial charge on any atom is -0.395 e. The van der Waals surface area contributed by atoms with E-state index in [1.807, 2.05) is 0 Å². The van der Waals surface area contributed by atoms with E-state index in [0.717, 1.165) is 32.4 Å². The topological polar surface area (TPSA) is 72.9 Å². The zero-order valence-electron chi connectivity index (χ0n) is 12.7. The number of nitrogens with zero attached hydrogens (tertiary/aromatic N) is 2. The van der Waals surface area contributed by atoms with Crippen molar-refractivity contribution >= 4 is 11.8 Å². The maximum absolute atomic E-state index is 11.8. The van der Waals surface area contributed by atoms with Crippen LogP contribution in [-0.2, 0) is 9.59 Å². The van der Waals surface area contributed by atoms with Crippen LogP contribution in [-0.4, -0.2) is 72.1 Å². The Bertz CT molecular complexity index is 362. The van der Waals surface area contributed by atoms with Gasteiger partial charge in [-0.25, -0.2) is 0 Å². The monoisotopic (exact) mass is 297 g/mol. The Balaban J connectivity index is 1.58. The molecule has 6 heteroatoms. The Morgan fingerprint density at radius 3 is 2.86 bits per heavy atom. The Morgan fingerprint density at radius 1 is 1.29 bits per heavy atom. The Kier molecular flexibility index (Phi) is 6.45. The third-order valence-electron chi connectivity index (χ3n) is 4.41. The Morgan fingerprint density at radius 2 is 2.14 bits per heavy atom. The standard InChI is InChI=1S/C15H27N3O3/c19-12-13-5-1-2-8-17(13)10-4-7-16-14(20)11-18-9-3-6-15(18)21/h13,19H,1-12H2,(H,16,20)/t13-/m0/s1. The van der Waals surface area contributed by atoms with Gasteiger partial charge in [-0.2, -0.15) is 0 Å². The molecule has 0 aromatic carbocycles. The van der Waals surface area contributed by atoms with Gasteiger partial charge in [-0.15, -0.1) is 0 Å². The summed E-state index contributed by atoms with van der Waals surface area (Å²) in [7, 11) is 0. The van der Waals surface area contributed by atoms with Crippen LogP contribution < -0.4 is 5.32 Å². The highest BCUT2D eigenvalue weighted by Crippen LogP contribution is 2.16. The van der Waals surface area contributed by atoms with E-state index < -0.39 is 0 Å². The van der Waals surface area contributed by atoms with Crippen molar-refractivity contribution in [3.05, 3.63) is 0 Å². The van der Waals surface area contributed by atoms with E-state index in [1.54, 1.807) is 4.90 Å². The minimum atomic E-state index is -0.0670. The zero-order chi connectivity index (χ0) is 15.1. The molecule has 2 aliphatic rings. The number of aliphatic hydroxyl groups excluding tert-OH is 1. The van der Waals surface area contributed by atoms with Crippen molar-refractivity contribution in [3.8, 4) is 0 Å². The number of amides is 2. The third kappa shape index (κ3) is 4.97. The minimum absolute atomic E-state index is 0.0670. The van der Waals surface area contributed by atoms with Gasteiger partial charge in [0.15, 0.2) is 0 Å². The number of hydrogen-bond acceptors (Lipinski definition) is 4. The van der Waals surface area contributed by atoms with Gasteiger partial charge >= 0.3 is 0 Å². The molecule has 0 radical (unpaired) electrons. The summed E-state index contributed by atoms with van der Waals surface area (Å²) in [6, 6.07) is 0.289. The lowest BCUT2D eigenvalue weighted by atomic mass is 10.0. The van der Waals surface area contributed by atoms with E-state index in [1.165, 1.54) is 12.8 Å². The van der Waals surface area contributed by atoms with Crippen LogP contribution in [0.15, 0.2) is 0 Å². The fourth-order valence-electron chi connectivity index (χ4n) is 3.17. The zero-order valence-corrected chi connectivity index (χ0v) is 12.7. The van der Waals surface area contributed by atoms with Gasteiger partial charge in [0.2, 0.25) is 11.8 Å². The quantitative estimate of drug-likeness (QED) is 0.647. The van der Waals surface area contributed by atoms with Crippen LogP contribution in [0.25, 0.3) is 0 Å². The van der Waals surface area contributed by atoms with E-state index in [0.29, 0.717) is 19.5 Å². The largest absolute Gasteiger partial charge is 0.395 e. The molecule has 0 spiro atoms. The molecular weight excluding hydrogens is 270 g/mol. The van der Waals surface area contributed by atoms with E-state index in [2.05, 4.69) is 10.2 Å². The fourth-order valence-corrected chi connectivity index (χ4v) is 3.17. The fraction of sp³-hybridized carbons (Fsp3) is 0.867. The lowest BCUT2D eigenvalue weighted by Gasteiger charge is -2.34. The molecule has 2 N–H and O–H groups in total. The van der Waals surface area contributed by atoms with E-state index in [4.69, 9.17) is 0 Å². The second kappa shape index (κ2) is 8.34. The van der Waals surface area contributed by atoms with Crippen molar-refractivity contribution < 1.29 is 14.7 Å². The van der Waals surface area contributed by atoms with Crippen molar-refractivity contribution in [3.63, 3.8) is 0 Å². The molecule has 0 unspecified atom stereocenters. The first kappa shape index (κ1) is 16.2. The summed E-state index contributed by atoms with van der Waals surface area (Å²) in [5.41, 5.74) is 0. The maximum Gasteiger partial charge on any atom is 0.239 e. The van der Waals surface area contributed by atoms with Crippen LogP contribution in [0.2, 0.25) is 0 Å². The number of likely N-dealkylation sites (tertiary alicyclic amines) is 2. The Hall–Kier alpha value is -1.14. The highest BCUT2D eigenvalue weighted by atomic mass is 16.3. The molecule has 21 heavy (non-hydrogen) atoms. The van der Waals surface area contributed by atoms with Crippen LogP contribution in [0.3, 0.4) is 0 Å². The average molecular weight is 297 g/mol. The molecule has 0 aliphatic carbocycles. The molecular formula is C15H27N3O3. The molecule has 2 fully saturated rings. The number of carbonyl (C=O) groups excluding carboxylic acids is 2. The first-order valence-electron chi connectivity index (χ1n) is 8.10. The number of piperidine rings is 1. The van der Waals surface area contributed by atoms with Gasteiger partial charge in [-0.3, -0.25) is 14.5 Å². The van der Waals surface area contributed by atoms with E-state index in [-0.39, 0.29) is 31.0 Å². The van der Waals surface area contributed by atoms with E-state index >= 15 is 0 Å². The molecule has 2 amide bonds. The van der Waals surface area contributed by atoms with Gasteiger partial charge < -0.3 is 15.3 Å². The molecule has 1 atom stereocenters. The van der Waals surface area contributed by atoms with Gasteiger partial charge in [0.05, 0.1) is 13.2 Å². The van der Waals surface area contributed by atoms with Crippen LogP contribution >= 0.6 is 0 Å². The molecule has 2 rings (SSSR count). The lowest BCUT2D eigenvalue weighted by Crippen LogP contribution is -2.43. The number of nitrogens with one attached hydrogen (secondary N) is 1. The molecule has 2 aliphatic heterocycles. The number of carbonyl (C=O) groups is 2. The first-order chi connectivity index (χ1) is 10.2. The number of aliphatic hydroxyl groups is 1. The van der Waals surface area contributed by atoms with Crippen molar-refractivity contribution in [1.29, 1.82) is 0 Å². The highest BCUT2D eigenvalue weighted by Gasteiger charge is 2.23. The second-order valence-electron chi connectivity index (χ2n) is 5.99. The Labute approximate surface area is 126 Å². The number of hydrogen-bond donors (Lipinski definition) is 2. The second-order valence-corrected chi connectivity index (χ2v) is 5.99. The van der Waals surface area contributed by atoms with Gasteiger partial charge in [-0.1, -0.05) is 6.42 Å². The summed E-state index contributed by atoms with van der Waals surface area (Å²) in [6.07, 6.45) is 5.78. The third-order valence-corrected chi connectivity index (χ3v) is 4.41. The van der Waals surface area contributed by atoms with Crippen molar-refractivity contribution in [2.24, 2.45) is 0 Å². The highest BCUT2D eigenvalue weighted by molar-refractivity contribution is 5.85.